The molecule has 0 radical (unpaired) electrons. The van der Waals surface area contributed by atoms with Crippen molar-refractivity contribution in [3.8, 4) is 0 Å². The van der Waals surface area contributed by atoms with E-state index in [4.69, 9.17) is 4.74 Å². The van der Waals surface area contributed by atoms with Gasteiger partial charge in [0.25, 0.3) is 0 Å². The van der Waals surface area contributed by atoms with Gasteiger partial charge < -0.3 is 9.64 Å². The Hall–Kier alpha value is -0.910. The van der Waals surface area contributed by atoms with Crippen molar-refractivity contribution >= 4 is 6.09 Å². The largest absolute Gasteiger partial charge is 0.444 e. The average Bonchev–Trinajstić information content (AvgIpc) is 2.74. The van der Waals surface area contributed by atoms with Crippen LogP contribution in [0.2, 0.25) is 0 Å². The van der Waals surface area contributed by atoms with Gasteiger partial charge >= 0.3 is 6.09 Å². The number of carbonyl (C=O) groups excluding carboxylic acids is 1. The van der Waals surface area contributed by atoms with Gasteiger partial charge in [0, 0.05) is 19.6 Å². The molecule has 0 saturated carbocycles. The molecule has 1 amide bonds. The van der Waals surface area contributed by atoms with E-state index in [0.29, 0.717) is 13.0 Å². The summed E-state index contributed by atoms with van der Waals surface area (Å²) < 4.78 is 32.7. The maximum absolute atomic E-state index is 14.4. The first-order valence-electron chi connectivity index (χ1n) is 6.58. The van der Waals surface area contributed by atoms with Gasteiger partial charge in [0.05, 0.1) is 5.54 Å². The summed E-state index contributed by atoms with van der Waals surface area (Å²) >= 11 is 0. The number of amides is 1. The average molecular weight is 276 g/mol. The summed E-state index contributed by atoms with van der Waals surface area (Å²) in [6.07, 6.45) is -0.00530. The van der Waals surface area contributed by atoms with Gasteiger partial charge in [0.1, 0.15) is 12.3 Å². The second kappa shape index (κ2) is 4.30. The Morgan fingerprint density at radius 2 is 2.00 bits per heavy atom. The van der Waals surface area contributed by atoms with Gasteiger partial charge in [-0.3, -0.25) is 4.90 Å². The highest BCUT2D eigenvalue weighted by molar-refractivity contribution is 5.69. The van der Waals surface area contributed by atoms with E-state index in [1.807, 2.05) is 0 Å². The molecule has 2 rings (SSSR count). The van der Waals surface area contributed by atoms with E-state index in [0.717, 1.165) is 0 Å². The smallest absolute Gasteiger partial charge is 0.410 e. The number of hydrogen-bond acceptors (Lipinski definition) is 3. The summed E-state index contributed by atoms with van der Waals surface area (Å²) in [6.45, 7) is 5.04. The van der Waals surface area contributed by atoms with E-state index in [1.165, 1.54) is 4.90 Å². The summed E-state index contributed by atoms with van der Waals surface area (Å²) in [4.78, 5) is 15.2. The third kappa shape index (κ3) is 2.20. The zero-order valence-electron chi connectivity index (χ0n) is 12.0. The highest BCUT2D eigenvalue weighted by Gasteiger charge is 2.67. The van der Waals surface area contributed by atoms with E-state index < -0.39 is 29.6 Å². The fourth-order valence-electron chi connectivity index (χ4n) is 3.05. The van der Waals surface area contributed by atoms with Crippen molar-refractivity contribution in [2.75, 3.05) is 33.4 Å². The Morgan fingerprint density at radius 1 is 1.37 bits per heavy atom. The van der Waals surface area contributed by atoms with Crippen molar-refractivity contribution in [3.05, 3.63) is 0 Å². The topological polar surface area (TPSA) is 32.8 Å². The lowest BCUT2D eigenvalue weighted by Crippen LogP contribution is -2.77. The number of ether oxygens (including phenoxy) is 1. The summed E-state index contributed by atoms with van der Waals surface area (Å²) in [7, 11) is 1.77. The highest BCUT2D eigenvalue weighted by atomic mass is 19.2. The predicted octanol–water partition coefficient (Wildman–Crippen LogP) is 1.99. The second-order valence-corrected chi connectivity index (χ2v) is 6.64. The van der Waals surface area contributed by atoms with Crippen LogP contribution in [0.5, 0.6) is 0 Å². The van der Waals surface area contributed by atoms with Crippen LogP contribution in [0.15, 0.2) is 0 Å². The highest BCUT2D eigenvalue weighted by Crippen LogP contribution is 2.48. The molecule has 2 unspecified atom stereocenters. The van der Waals surface area contributed by atoms with Crippen LogP contribution in [0, 0.1) is 0 Å². The van der Waals surface area contributed by atoms with Crippen LogP contribution in [0.25, 0.3) is 0 Å². The van der Waals surface area contributed by atoms with Crippen molar-refractivity contribution in [1.29, 1.82) is 0 Å². The van der Waals surface area contributed by atoms with Gasteiger partial charge in [-0.2, -0.15) is 0 Å². The van der Waals surface area contributed by atoms with Crippen LogP contribution < -0.4 is 0 Å². The molecule has 0 bridgehead atoms. The standard InChI is InChI=1S/C13H22F2N2O2/c1-11(2,3)19-10(18)17-6-5-13(9-17)12(15,7-14)8-16(13)4/h5-9H2,1-4H3. The van der Waals surface area contributed by atoms with Gasteiger partial charge in [0.2, 0.25) is 0 Å². The van der Waals surface area contributed by atoms with Crippen molar-refractivity contribution in [1.82, 2.24) is 9.80 Å². The van der Waals surface area contributed by atoms with E-state index in [-0.39, 0.29) is 13.1 Å². The van der Waals surface area contributed by atoms with E-state index >= 15 is 0 Å². The minimum absolute atomic E-state index is 0.0889. The Kier molecular flexibility index (Phi) is 3.28. The lowest BCUT2D eigenvalue weighted by atomic mass is 9.71. The summed E-state index contributed by atoms with van der Waals surface area (Å²) in [5, 5.41) is 0. The molecule has 2 fully saturated rings. The quantitative estimate of drug-likeness (QED) is 0.734. The van der Waals surface area contributed by atoms with Gasteiger partial charge in [-0.15, -0.1) is 0 Å². The van der Waals surface area contributed by atoms with E-state index in [1.54, 1.807) is 32.7 Å². The Balaban J connectivity index is 2.06. The summed E-state index contributed by atoms with van der Waals surface area (Å²) in [5.74, 6) is 0. The molecule has 19 heavy (non-hydrogen) atoms. The number of carbonyl (C=O) groups is 1. The molecular formula is C13H22F2N2O2. The van der Waals surface area contributed by atoms with Crippen LogP contribution >= 0.6 is 0 Å². The number of likely N-dealkylation sites (N-methyl/N-ethyl adjacent to an activating group) is 1. The minimum Gasteiger partial charge on any atom is -0.444 e. The third-order valence-corrected chi connectivity index (χ3v) is 4.16. The molecule has 6 heteroatoms. The lowest BCUT2D eigenvalue weighted by molar-refractivity contribution is -0.161. The molecule has 0 aromatic rings. The maximum atomic E-state index is 14.4. The zero-order chi connectivity index (χ0) is 14.5. The predicted molar refractivity (Wildman–Crippen MR) is 67.6 cm³/mol. The van der Waals surface area contributed by atoms with Crippen LogP contribution in [0.3, 0.4) is 0 Å². The Labute approximate surface area is 112 Å². The van der Waals surface area contributed by atoms with Crippen LogP contribution in [-0.4, -0.2) is 66.1 Å². The van der Waals surface area contributed by atoms with Crippen molar-refractivity contribution in [2.24, 2.45) is 0 Å². The molecule has 0 aliphatic carbocycles. The molecule has 0 N–H and O–H groups in total. The molecule has 4 nitrogen and oxygen atoms in total. The van der Waals surface area contributed by atoms with Crippen molar-refractivity contribution in [2.45, 2.75) is 44.0 Å². The molecule has 1 spiro atoms. The first kappa shape index (κ1) is 14.5. The number of alkyl halides is 2. The zero-order valence-corrected chi connectivity index (χ0v) is 12.0. The molecule has 0 aromatic heterocycles. The van der Waals surface area contributed by atoms with Gasteiger partial charge in [-0.1, -0.05) is 0 Å². The van der Waals surface area contributed by atoms with Gasteiger partial charge in [-0.05, 0) is 34.2 Å². The number of hydrogen-bond donors (Lipinski definition) is 0. The normalized spacial score (nSPS) is 35.6. The number of nitrogens with zero attached hydrogens (tertiary/aromatic N) is 2. The SMILES string of the molecule is CN1CC(F)(CF)C12CCN(C(=O)OC(C)(C)C)C2. The summed E-state index contributed by atoms with van der Waals surface area (Å²) in [6, 6.07) is 0. The van der Waals surface area contributed by atoms with Crippen LogP contribution in [0.1, 0.15) is 27.2 Å². The molecule has 0 aromatic carbocycles. The third-order valence-electron chi connectivity index (χ3n) is 4.16. The van der Waals surface area contributed by atoms with E-state index in [9.17, 15) is 13.6 Å². The molecule has 2 atom stereocenters. The maximum Gasteiger partial charge on any atom is 0.410 e. The van der Waals surface area contributed by atoms with Gasteiger partial charge in [-0.25, -0.2) is 13.6 Å². The molecule has 110 valence electrons. The number of halogens is 2. The number of likely N-dealkylation sites (tertiary alicyclic amines) is 2. The fourth-order valence-corrected chi connectivity index (χ4v) is 3.05. The fraction of sp³-hybridized carbons (Fsp3) is 0.923. The van der Waals surface area contributed by atoms with Crippen molar-refractivity contribution in [3.63, 3.8) is 0 Å². The monoisotopic (exact) mass is 276 g/mol. The van der Waals surface area contributed by atoms with Crippen LogP contribution in [0.4, 0.5) is 13.6 Å². The van der Waals surface area contributed by atoms with E-state index in [2.05, 4.69) is 0 Å². The first-order valence-corrected chi connectivity index (χ1v) is 6.58. The van der Waals surface area contributed by atoms with Crippen molar-refractivity contribution < 1.29 is 18.3 Å². The Morgan fingerprint density at radius 3 is 2.47 bits per heavy atom. The Bertz CT molecular complexity index is 385. The minimum atomic E-state index is -1.83. The first-order chi connectivity index (χ1) is 8.63. The molecule has 2 aliphatic rings. The molecule has 2 saturated heterocycles. The van der Waals surface area contributed by atoms with Crippen LogP contribution in [-0.2, 0) is 4.74 Å². The number of rotatable bonds is 1. The summed E-state index contributed by atoms with van der Waals surface area (Å²) in [5.41, 5.74) is -3.29. The molecular weight excluding hydrogens is 254 g/mol. The molecule has 2 aliphatic heterocycles. The van der Waals surface area contributed by atoms with Gasteiger partial charge in [0.15, 0.2) is 5.67 Å². The second-order valence-electron chi connectivity index (χ2n) is 6.64. The molecule has 2 heterocycles. The lowest BCUT2D eigenvalue weighted by Gasteiger charge is -2.58.